The summed E-state index contributed by atoms with van der Waals surface area (Å²) in [5.74, 6) is 0.441. The van der Waals surface area contributed by atoms with E-state index in [4.69, 9.17) is 4.74 Å². The number of aliphatic hydroxyl groups excluding tert-OH is 2. The molecule has 0 aromatic heterocycles. The normalized spacial score (nSPS) is 12.7. The molecule has 8 heteroatoms. The van der Waals surface area contributed by atoms with Crippen LogP contribution >= 0.6 is 0 Å². The van der Waals surface area contributed by atoms with Crippen LogP contribution in [0.2, 0.25) is 0 Å². The fourth-order valence-corrected chi connectivity index (χ4v) is 3.08. The van der Waals surface area contributed by atoms with Crippen molar-refractivity contribution in [3.63, 3.8) is 0 Å². The molecular weight excluding hydrogens is 361 g/mol. The van der Waals surface area contributed by atoms with Gasteiger partial charge in [0, 0.05) is 17.8 Å². The van der Waals surface area contributed by atoms with E-state index in [0.717, 1.165) is 16.7 Å². The second kappa shape index (κ2) is 8.60. The Bertz CT molecular complexity index is 777. The van der Waals surface area contributed by atoms with Gasteiger partial charge in [0.1, 0.15) is 11.9 Å². The number of nitrogens with one attached hydrogen (secondary N) is 2. The minimum atomic E-state index is -4.50. The van der Waals surface area contributed by atoms with Gasteiger partial charge in [0.2, 0.25) is 0 Å². The molecule has 1 unspecified atom stereocenters. The molecule has 2 rings (SSSR count). The van der Waals surface area contributed by atoms with E-state index in [1.54, 1.807) is 26.1 Å². The van der Waals surface area contributed by atoms with Crippen LogP contribution in [0.3, 0.4) is 0 Å². The standard InChI is InChI=1S/C19H23F3N2O3/c1-11-15(12-4-6-14(7-5-12)24-19(20,21)22)8-13(9-23-2)17(16(26)10-25)18(11)27-3/h4-8,16,23-26H,9-10H2,1-3H3. The van der Waals surface area contributed by atoms with Gasteiger partial charge >= 0.3 is 6.30 Å². The summed E-state index contributed by atoms with van der Waals surface area (Å²) in [6, 6.07) is 7.71. The highest BCUT2D eigenvalue weighted by Gasteiger charge is 2.27. The summed E-state index contributed by atoms with van der Waals surface area (Å²) in [6.45, 7) is 1.76. The van der Waals surface area contributed by atoms with E-state index in [-0.39, 0.29) is 5.69 Å². The average Bonchev–Trinajstić information content (AvgIpc) is 2.61. The number of rotatable bonds is 7. The molecule has 0 aliphatic heterocycles. The lowest BCUT2D eigenvalue weighted by atomic mass is 9.90. The van der Waals surface area contributed by atoms with E-state index >= 15 is 0 Å². The van der Waals surface area contributed by atoms with Crippen LogP contribution in [0.4, 0.5) is 18.9 Å². The van der Waals surface area contributed by atoms with Crippen LogP contribution in [-0.4, -0.2) is 37.3 Å². The zero-order valence-corrected chi connectivity index (χ0v) is 15.3. The van der Waals surface area contributed by atoms with Gasteiger partial charge in [0.05, 0.1) is 13.7 Å². The number of hydrogen-bond acceptors (Lipinski definition) is 5. The van der Waals surface area contributed by atoms with Crippen LogP contribution in [0.5, 0.6) is 5.75 Å². The number of anilines is 1. The molecule has 0 heterocycles. The molecule has 2 aromatic rings. The molecule has 0 saturated carbocycles. The Balaban J connectivity index is 2.55. The molecule has 0 saturated heterocycles. The number of methoxy groups -OCH3 is 1. The Hall–Kier alpha value is -2.29. The lowest BCUT2D eigenvalue weighted by Gasteiger charge is -2.22. The fourth-order valence-electron chi connectivity index (χ4n) is 3.08. The van der Waals surface area contributed by atoms with E-state index in [9.17, 15) is 23.4 Å². The van der Waals surface area contributed by atoms with E-state index in [2.05, 4.69) is 5.32 Å². The minimum Gasteiger partial charge on any atom is -0.496 e. The zero-order chi connectivity index (χ0) is 20.2. The summed E-state index contributed by atoms with van der Waals surface area (Å²) in [7, 11) is 3.22. The van der Waals surface area contributed by atoms with Crippen molar-refractivity contribution in [2.45, 2.75) is 25.9 Å². The molecule has 4 N–H and O–H groups in total. The first-order valence-electron chi connectivity index (χ1n) is 8.31. The lowest BCUT2D eigenvalue weighted by molar-refractivity contribution is -0.0999. The molecule has 0 fully saturated rings. The summed E-state index contributed by atoms with van der Waals surface area (Å²) >= 11 is 0. The molecule has 0 spiro atoms. The molecule has 148 valence electrons. The summed E-state index contributed by atoms with van der Waals surface area (Å²) in [6.07, 6.45) is -5.60. The van der Waals surface area contributed by atoms with E-state index < -0.39 is 19.0 Å². The van der Waals surface area contributed by atoms with Crippen LogP contribution in [0.25, 0.3) is 11.1 Å². The van der Waals surface area contributed by atoms with Gasteiger partial charge in [0.15, 0.2) is 0 Å². The molecule has 0 amide bonds. The molecule has 1 atom stereocenters. The van der Waals surface area contributed by atoms with Crippen LogP contribution in [-0.2, 0) is 6.54 Å². The molecule has 27 heavy (non-hydrogen) atoms. The van der Waals surface area contributed by atoms with Crippen LogP contribution in [0.1, 0.15) is 22.8 Å². The summed E-state index contributed by atoms with van der Waals surface area (Å²) in [4.78, 5) is 0. The smallest absolute Gasteiger partial charge is 0.482 e. The summed E-state index contributed by atoms with van der Waals surface area (Å²) < 4.78 is 42.8. The molecular formula is C19H23F3N2O3. The Morgan fingerprint density at radius 3 is 2.30 bits per heavy atom. The topological polar surface area (TPSA) is 73.8 Å². The first-order chi connectivity index (χ1) is 12.7. The molecule has 2 aromatic carbocycles. The summed E-state index contributed by atoms with van der Waals surface area (Å²) in [5, 5.41) is 24.1. The number of halogens is 3. The van der Waals surface area contributed by atoms with Crippen molar-refractivity contribution in [3.05, 3.63) is 47.0 Å². The summed E-state index contributed by atoms with van der Waals surface area (Å²) in [5.41, 5.74) is 3.36. The van der Waals surface area contributed by atoms with Gasteiger partial charge in [0.25, 0.3) is 0 Å². The Morgan fingerprint density at radius 1 is 1.19 bits per heavy atom. The molecule has 5 nitrogen and oxygen atoms in total. The van der Waals surface area contributed by atoms with Gasteiger partial charge in [-0.05, 0) is 54.4 Å². The van der Waals surface area contributed by atoms with Crippen LogP contribution < -0.4 is 15.4 Å². The Morgan fingerprint density at radius 2 is 1.81 bits per heavy atom. The molecule has 0 bridgehead atoms. The van der Waals surface area contributed by atoms with Crippen molar-refractivity contribution >= 4 is 5.69 Å². The third kappa shape index (κ3) is 4.91. The number of hydrogen-bond donors (Lipinski definition) is 4. The Labute approximate surface area is 155 Å². The van der Waals surface area contributed by atoms with Crippen molar-refractivity contribution in [2.75, 3.05) is 26.1 Å². The second-order valence-electron chi connectivity index (χ2n) is 6.08. The number of alkyl halides is 3. The first kappa shape index (κ1) is 21.0. The molecule has 0 aliphatic rings. The fraction of sp³-hybridized carbons (Fsp3) is 0.368. The third-order valence-electron chi connectivity index (χ3n) is 4.21. The monoisotopic (exact) mass is 384 g/mol. The largest absolute Gasteiger partial charge is 0.496 e. The van der Waals surface area contributed by atoms with E-state index in [1.807, 2.05) is 6.07 Å². The van der Waals surface area contributed by atoms with Gasteiger partial charge in [-0.1, -0.05) is 12.1 Å². The minimum absolute atomic E-state index is 0.0568. The highest BCUT2D eigenvalue weighted by atomic mass is 19.4. The highest BCUT2D eigenvalue weighted by Crippen LogP contribution is 2.39. The SMILES string of the molecule is CNCc1cc(-c2ccc(NC(F)(F)F)cc2)c(C)c(OC)c1C(O)CO. The highest BCUT2D eigenvalue weighted by molar-refractivity contribution is 5.74. The predicted octanol–water partition coefficient (Wildman–Crippen LogP) is 3.35. The van der Waals surface area contributed by atoms with Gasteiger partial charge in [-0.25, -0.2) is 0 Å². The Kier molecular flexibility index (Phi) is 6.69. The van der Waals surface area contributed by atoms with E-state index in [1.165, 1.54) is 24.6 Å². The maximum atomic E-state index is 12.4. The number of aliphatic hydroxyl groups is 2. The van der Waals surface area contributed by atoms with Crippen molar-refractivity contribution in [1.29, 1.82) is 0 Å². The van der Waals surface area contributed by atoms with Crippen LogP contribution in [0.15, 0.2) is 30.3 Å². The van der Waals surface area contributed by atoms with E-state index in [0.29, 0.717) is 23.4 Å². The first-order valence-corrected chi connectivity index (χ1v) is 8.31. The lowest BCUT2D eigenvalue weighted by Crippen LogP contribution is -2.20. The van der Waals surface area contributed by atoms with Crippen molar-refractivity contribution < 1.29 is 28.1 Å². The van der Waals surface area contributed by atoms with Crippen molar-refractivity contribution in [1.82, 2.24) is 5.32 Å². The van der Waals surface area contributed by atoms with Crippen molar-refractivity contribution in [3.8, 4) is 16.9 Å². The predicted molar refractivity (Wildman–Crippen MR) is 97.7 cm³/mol. The second-order valence-corrected chi connectivity index (χ2v) is 6.08. The van der Waals surface area contributed by atoms with Crippen molar-refractivity contribution in [2.24, 2.45) is 0 Å². The quantitative estimate of drug-likeness (QED) is 0.551. The number of ether oxygens (including phenoxy) is 1. The third-order valence-corrected chi connectivity index (χ3v) is 4.21. The van der Waals surface area contributed by atoms with Gasteiger partial charge < -0.3 is 20.3 Å². The zero-order valence-electron chi connectivity index (χ0n) is 15.3. The molecule has 0 aliphatic carbocycles. The maximum absolute atomic E-state index is 12.4. The van der Waals surface area contributed by atoms with Gasteiger partial charge in [-0.15, -0.1) is 0 Å². The van der Waals surface area contributed by atoms with Crippen LogP contribution in [0, 0.1) is 6.92 Å². The number of benzene rings is 2. The van der Waals surface area contributed by atoms with Gasteiger partial charge in [-0.2, -0.15) is 13.2 Å². The molecule has 0 radical (unpaired) electrons. The average molecular weight is 384 g/mol. The van der Waals surface area contributed by atoms with Gasteiger partial charge in [-0.3, -0.25) is 5.32 Å². The maximum Gasteiger partial charge on any atom is 0.482 e.